The van der Waals surface area contributed by atoms with Crippen molar-refractivity contribution in [3.8, 4) is 5.88 Å². The summed E-state index contributed by atoms with van der Waals surface area (Å²) in [7, 11) is 0. The van der Waals surface area contributed by atoms with Gasteiger partial charge in [-0.2, -0.15) is 0 Å². The average Bonchev–Trinajstić information content (AvgIpc) is 2.97. The van der Waals surface area contributed by atoms with Gasteiger partial charge in [0, 0.05) is 12.8 Å². The topological polar surface area (TPSA) is 88.1 Å². The van der Waals surface area contributed by atoms with Crippen LogP contribution in [0.4, 0.5) is 8.78 Å². The second-order valence-electron chi connectivity index (χ2n) is 4.48. The highest BCUT2D eigenvalue weighted by Gasteiger charge is 2.27. The number of hydrogen-bond acceptors (Lipinski definition) is 4. The van der Waals surface area contributed by atoms with Crippen molar-refractivity contribution < 1.29 is 23.4 Å². The SMILES string of the molecule is O=C(O)c1[nH]nnc1OC1Cc2cc(F)c(F)cc2C1. The molecule has 1 aliphatic rings. The lowest BCUT2D eigenvalue weighted by Crippen LogP contribution is -2.18. The summed E-state index contributed by atoms with van der Waals surface area (Å²) in [5.74, 6) is -3.18. The van der Waals surface area contributed by atoms with Gasteiger partial charge < -0.3 is 9.84 Å². The summed E-state index contributed by atoms with van der Waals surface area (Å²) in [6, 6.07) is 2.27. The molecule has 1 aliphatic carbocycles. The molecule has 20 heavy (non-hydrogen) atoms. The van der Waals surface area contributed by atoms with E-state index in [1.165, 1.54) is 0 Å². The molecule has 1 aromatic heterocycles. The van der Waals surface area contributed by atoms with Crippen LogP contribution in [-0.2, 0) is 12.8 Å². The summed E-state index contributed by atoms with van der Waals surface area (Å²) in [5, 5.41) is 18.0. The van der Waals surface area contributed by atoms with Crippen LogP contribution < -0.4 is 4.74 Å². The molecule has 0 saturated carbocycles. The smallest absolute Gasteiger partial charge is 0.359 e. The minimum Gasteiger partial charge on any atom is -0.476 e. The number of ether oxygens (including phenoxy) is 1. The Morgan fingerprint density at radius 2 is 1.90 bits per heavy atom. The van der Waals surface area contributed by atoms with E-state index >= 15 is 0 Å². The van der Waals surface area contributed by atoms with Gasteiger partial charge >= 0.3 is 5.97 Å². The molecule has 0 aliphatic heterocycles. The van der Waals surface area contributed by atoms with Crippen molar-refractivity contribution in [1.82, 2.24) is 15.4 Å². The number of carboxylic acid groups (broad SMARTS) is 1. The number of hydrogen-bond donors (Lipinski definition) is 2. The lowest BCUT2D eigenvalue weighted by Gasteiger charge is -2.10. The number of nitrogens with one attached hydrogen (secondary N) is 1. The molecule has 6 nitrogen and oxygen atoms in total. The Balaban J connectivity index is 1.79. The van der Waals surface area contributed by atoms with Gasteiger partial charge in [-0.3, -0.25) is 0 Å². The zero-order valence-electron chi connectivity index (χ0n) is 10.1. The van der Waals surface area contributed by atoms with Crippen molar-refractivity contribution in [2.45, 2.75) is 18.9 Å². The second kappa shape index (κ2) is 4.55. The number of nitrogens with zero attached hydrogens (tertiary/aromatic N) is 2. The third-order valence-electron chi connectivity index (χ3n) is 3.15. The number of carboxylic acids is 1. The number of aromatic carboxylic acids is 1. The van der Waals surface area contributed by atoms with Gasteiger partial charge in [-0.15, -0.1) is 0 Å². The van der Waals surface area contributed by atoms with Gasteiger partial charge in [0.15, 0.2) is 11.6 Å². The summed E-state index contributed by atoms with van der Waals surface area (Å²) in [5.41, 5.74) is 1.04. The van der Waals surface area contributed by atoms with Crippen LogP contribution in [0.3, 0.4) is 0 Å². The zero-order chi connectivity index (χ0) is 14.3. The van der Waals surface area contributed by atoms with E-state index in [2.05, 4.69) is 15.4 Å². The van der Waals surface area contributed by atoms with Crippen molar-refractivity contribution in [1.29, 1.82) is 0 Å². The number of H-pyrrole nitrogens is 1. The van der Waals surface area contributed by atoms with Crippen LogP contribution in [-0.4, -0.2) is 32.6 Å². The highest BCUT2D eigenvalue weighted by molar-refractivity contribution is 5.87. The molecule has 0 atom stereocenters. The second-order valence-corrected chi connectivity index (χ2v) is 4.48. The molecule has 2 N–H and O–H groups in total. The molecule has 0 fully saturated rings. The summed E-state index contributed by atoms with van der Waals surface area (Å²) < 4.78 is 31.7. The monoisotopic (exact) mass is 281 g/mol. The third-order valence-corrected chi connectivity index (χ3v) is 3.15. The molecule has 0 bridgehead atoms. The van der Waals surface area contributed by atoms with Gasteiger partial charge in [-0.25, -0.2) is 18.7 Å². The van der Waals surface area contributed by atoms with Crippen molar-refractivity contribution in [2.75, 3.05) is 0 Å². The molecule has 1 heterocycles. The highest BCUT2D eigenvalue weighted by Crippen LogP contribution is 2.27. The number of fused-ring (bicyclic) bond motifs is 1. The maximum absolute atomic E-state index is 13.1. The Hall–Kier alpha value is -2.51. The Bertz CT molecular complexity index is 656. The average molecular weight is 281 g/mol. The predicted molar refractivity (Wildman–Crippen MR) is 61.5 cm³/mol. The minimum absolute atomic E-state index is 0.128. The Morgan fingerprint density at radius 1 is 1.30 bits per heavy atom. The number of halogens is 2. The van der Waals surface area contributed by atoms with E-state index in [9.17, 15) is 13.6 Å². The normalized spacial score (nSPS) is 14.3. The first kappa shape index (κ1) is 12.5. The fraction of sp³-hybridized carbons (Fsp3) is 0.250. The molecule has 0 radical (unpaired) electrons. The van der Waals surface area contributed by atoms with Crippen LogP contribution in [0.15, 0.2) is 12.1 Å². The third kappa shape index (κ3) is 2.09. The highest BCUT2D eigenvalue weighted by atomic mass is 19.2. The first-order valence-electron chi connectivity index (χ1n) is 5.82. The Morgan fingerprint density at radius 3 is 2.45 bits per heavy atom. The molecular formula is C12H9F2N3O3. The lowest BCUT2D eigenvalue weighted by molar-refractivity contribution is 0.0682. The van der Waals surface area contributed by atoms with Crippen LogP contribution in [0.1, 0.15) is 21.6 Å². The van der Waals surface area contributed by atoms with Crippen LogP contribution in [0, 0.1) is 11.6 Å². The molecular weight excluding hydrogens is 272 g/mol. The van der Waals surface area contributed by atoms with Crippen molar-refractivity contribution >= 4 is 5.97 Å². The lowest BCUT2D eigenvalue weighted by atomic mass is 10.1. The van der Waals surface area contributed by atoms with E-state index in [0.717, 1.165) is 12.1 Å². The van der Waals surface area contributed by atoms with E-state index in [-0.39, 0.29) is 11.6 Å². The predicted octanol–water partition coefficient (Wildman–Crippen LogP) is 1.33. The van der Waals surface area contributed by atoms with Gasteiger partial charge in [0.25, 0.3) is 5.88 Å². The molecule has 1 aromatic carbocycles. The number of carbonyl (C=O) groups is 1. The number of rotatable bonds is 3. The minimum atomic E-state index is -1.24. The molecule has 0 unspecified atom stereocenters. The van der Waals surface area contributed by atoms with Gasteiger partial charge in [0.05, 0.1) is 0 Å². The van der Waals surface area contributed by atoms with Gasteiger partial charge in [-0.1, -0.05) is 10.3 Å². The van der Waals surface area contributed by atoms with E-state index in [0.29, 0.717) is 24.0 Å². The maximum Gasteiger partial charge on any atom is 0.359 e. The standard InChI is InChI=1S/C12H9F2N3O3/c13-8-3-5-1-7(2-6(5)4-9(8)14)20-11-10(12(18)19)15-17-16-11/h3-4,7H,1-2H2,(H,18,19)(H,15,16,17). The molecule has 0 amide bonds. The van der Waals surface area contributed by atoms with Crippen molar-refractivity contribution in [2.24, 2.45) is 0 Å². The van der Waals surface area contributed by atoms with Gasteiger partial charge in [0.2, 0.25) is 5.69 Å². The van der Waals surface area contributed by atoms with Crippen LogP contribution in [0.2, 0.25) is 0 Å². The van der Waals surface area contributed by atoms with Gasteiger partial charge in [0.1, 0.15) is 6.10 Å². The van der Waals surface area contributed by atoms with Crippen LogP contribution >= 0.6 is 0 Å². The molecule has 2 aromatic rings. The first-order valence-corrected chi connectivity index (χ1v) is 5.82. The molecule has 104 valence electrons. The molecule has 0 saturated heterocycles. The Labute approximate surface area is 111 Å². The first-order chi connectivity index (χ1) is 9.54. The summed E-state index contributed by atoms with van der Waals surface area (Å²) in [6.07, 6.45) is 0.297. The fourth-order valence-corrected chi connectivity index (χ4v) is 2.25. The summed E-state index contributed by atoms with van der Waals surface area (Å²) >= 11 is 0. The van der Waals surface area contributed by atoms with E-state index in [1.54, 1.807) is 0 Å². The molecule has 0 spiro atoms. The summed E-state index contributed by atoms with van der Waals surface area (Å²) in [6.45, 7) is 0. The summed E-state index contributed by atoms with van der Waals surface area (Å²) in [4.78, 5) is 10.9. The van der Waals surface area contributed by atoms with Crippen molar-refractivity contribution in [3.05, 3.63) is 40.6 Å². The number of aromatic amines is 1. The van der Waals surface area contributed by atoms with E-state index in [1.807, 2.05) is 0 Å². The van der Waals surface area contributed by atoms with Crippen molar-refractivity contribution in [3.63, 3.8) is 0 Å². The maximum atomic E-state index is 13.1. The molecule has 8 heteroatoms. The zero-order valence-corrected chi connectivity index (χ0v) is 10.1. The van der Waals surface area contributed by atoms with E-state index in [4.69, 9.17) is 9.84 Å². The van der Waals surface area contributed by atoms with Crippen LogP contribution in [0.25, 0.3) is 0 Å². The molecule has 3 rings (SSSR count). The van der Waals surface area contributed by atoms with Gasteiger partial charge in [-0.05, 0) is 23.3 Å². The van der Waals surface area contributed by atoms with Crippen LogP contribution in [0.5, 0.6) is 5.88 Å². The number of aromatic nitrogens is 3. The fourth-order valence-electron chi connectivity index (χ4n) is 2.25. The largest absolute Gasteiger partial charge is 0.476 e. The number of benzene rings is 1. The Kier molecular flexibility index (Phi) is 2.85. The van der Waals surface area contributed by atoms with E-state index < -0.39 is 23.7 Å². The quantitative estimate of drug-likeness (QED) is 0.886.